The molecule has 0 spiro atoms. The zero-order chi connectivity index (χ0) is 19.0. The van der Waals surface area contributed by atoms with Crippen molar-refractivity contribution in [2.45, 2.75) is 28.4 Å². The topological polar surface area (TPSA) is 40.6 Å². The van der Waals surface area contributed by atoms with Gasteiger partial charge in [0.05, 0.1) is 17.1 Å². The normalized spacial score (nSPS) is 16.8. The molecule has 0 bridgehead atoms. The van der Waals surface area contributed by atoms with E-state index in [1.54, 1.807) is 23.1 Å². The maximum absolute atomic E-state index is 13.0. The number of rotatable bonds is 4. The number of benzene rings is 1. The molecule has 0 saturated heterocycles. The number of nitrogens with zero attached hydrogens (tertiary/aromatic N) is 2. The first-order valence-corrected chi connectivity index (χ1v) is 10.8. The SMILES string of the molecule is CN(C)CCCN1C(=O)CC2=C(CC1=O)c1ccsc1Sc1ccccc12. The molecule has 0 aliphatic carbocycles. The van der Waals surface area contributed by atoms with Crippen LogP contribution >= 0.6 is 23.1 Å². The lowest BCUT2D eigenvalue weighted by Crippen LogP contribution is -2.37. The standard InChI is InChI=1S/C21H22N2O2S2/c1-22(2)9-5-10-23-19(24)12-16-14-6-3-4-7-18(14)27-21-15(8-11-26-21)17(16)13-20(23)25/h3-4,6-8,11H,5,9-10,12-13H2,1-2H3. The number of imide groups is 1. The third-order valence-electron chi connectivity index (χ3n) is 4.98. The predicted molar refractivity (Wildman–Crippen MR) is 111 cm³/mol. The Bertz CT molecular complexity index is 930. The quantitative estimate of drug-likeness (QED) is 0.723. The Hall–Kier alpha value is -1.89. The number of carbonyl (C=O) groups is 2. The van der Waals surface area contributed by atoms with E-state index in [2.05, 4.69) is 28.5 Å². The summed E-state index contributed by atoms with van der Waals surface area (Å²) in [5.74, 6) is -0.160. The molecule has 2 aliphatic rings. The number of hydrogen-bond donors (Lipinski definition) is 0. The Kier molecular flexibility index (Phi) is 5.21. The Morgan fingerprint density at radius 2 is 1.70 bits per heavy atom. The van der Waals surface area contributed by atoms with Gasteiger partial charge >= 0.3 is 0 Å². The zero-order valence-electron chi connectivity index (χ0n) is 15.5. The first-order valence-electron chi connectivity index (χ1n) is 9.09. The smallest absolute Gasteiger partial charge is 0.233 e. The van der Waals surface area contributed by atoms with Gasteiger partial charge in [-0.2, -0.15) is 0 Å². The van der Waals surface area contributed by atoms with Gasteiger partial charge in [0.15, 0.2) is 0 Å². The van der Waals surface area contributed by atoms with Crippen molar-refractivity contribution >= 4 is 46.1 Å². The van der Waals surface area contributed by atoms with Crippen LogP contribution < -0.4 is 0 Å². The molecule has 0 N–H and O–H groups in total. The highest BCUT2D eigenvalue weighted by atomic mass is 32.2. The minimum absolute atomic E-state index is 0.0784. The number of carbonyl (C=O) groups excluding carboxylic acids is 2. The molecule has 1 aromatic carbocycles. The second-order valence-electron chi connectivity index (χ2n) is 7.13. The van der Waals surface area contributed by atoms with E-state index in [0.717, 1.165) is 40.1 Å². The van der Waals surface area contributed by atoms with Crippen LogP contribution in [0.1, 0.15) is 30.4 Å². The van der Waals surface area contributed by atoms with Crippen molar-refractivity contribution in [2.24, 2.45) is 0 Å². The minimum atomic E-state index is -0.0813. The van der Waals surface area contributed by atoms with Gasteiger partial charge in [-0.25, -0.2) is 0 Å². The number of fused-ring (bicyclic) bond motifs is 4. The van der Waals surface area contributed by atoms with Gasteiger partial charge in [0.2, 0.25) is 11.8 Å². The second-order valence-corrected chi connectivity index (χ2v) is 9.35. The van der Waals surface area contributed by atoms with Crippen molar-refractivity contribution in [1.82, 2.24) is 9.80 Å². The van der Waals surface area contributed by atoms with E-state index in [9.17, 15) is 9.59 Å². The number of amides is 2. The summed E-state index contributed by atoms with van der Waals surface area (Å²) < 4.78 is 1.20. The van der Waals surface area contributed by atoms with E-state index < -0.39 is 0 Å². The molecule has 0 fully saturated rings. The van der Waals surface area contributed by atoms with Gasteiger partial charge < -0.3 is 4.90 Å². The van der Waals surface area contributed by atoms with Crippen LogP contribution in [0.3, 0.4) is 0 Å². The average Bonchev–Trinajstić information content (AvgIpc) is 3.00. The van der Waals surface area contributed by atoms with Crippen LogP contribution in [0.2, 0.25) is 0 Å². The van der Waals surface area contributed by atoms with Crippen molar-refractivity contribution in [3.05, 3.63) is 46.8 Å². The fourth-order valence-electron chi connectivity index (χ4n) is 3.66. The van der Waals surface area contributed by atoms with Crippen molar-refractivity contribution in [2.75, 3.05) is 27.2 Å². The van der Waals surface area contributed by atoms with Crippen LogP contribution in [0.25, 0.3) is 11.1 Å². The third-order valence-corrected chi connectivity index (χ3v) is 7.21. The highest BCUT2D eigenvalue weighted by Gasteiger charge is 2.33. The predicted octanol–water partition coefficient (Wildman–Crippen LogP) is 4.22. The number of hydrogen-bond acceptors (Lipinski definition) is 5. The van der Waals surface area contributed by atoms with Gasteiger partial charge in [0.1, 0.15) is 0 Å². The summed E-state index contributed by atoms with van der Waals surface area (Å²) in [5.41, 5.74) is 4.26. The van der Waals surface area contributed by atoms with E-state index >= 15 is 0 Å². The Morgan fingerprint density at radius 3 is 2.44 bits per heavy atom. The van der Waals surface area contributed by atoms with E-state index in [0.29, 0.717) is 13.0 Å². The van der Waals surface area contributed by atoms with Gasteiger partial charge in [-0.3, -0.25) is 14.5 Å². The van der Waals surface area contributed by atoms with E-state index in [1.807, 2.05) is 26.2 Å². The monoisotopic (exact) mass is 398 g/mol. The molecule has 0 unspecified atom stereocenters. The molecule has 3 heterocycles. The fourth-order valence-corrected chi connectivity index (χ4v) is 5.88. The molecule has 2 aliphatic heterocycles. The summed E-state index contributed by atoms with van der Waals surface area (Å²) in [4.78, 5) is 30.7. The molecule has 4 nitrogen and oxygen atoms in total. The summed E-state index contributed by atoms with van der Waals surface area (Å²) in [6.07, 6.45) is 1.38. The van der Waals surface area contributed by atoms with Gasteiger partial charge in [-0.1, -0.05) is 30.0 Å². The summed E-state index contributed by atoms with van der Waals surface area (Å²) in [6.45, 7) is 1.35. The Labute approximate surface area is 167 Å². The molecule has 4 rings (SSSR count). The molecule has 2 amide bonds. The van der Waals surface area contributed by atoms with E-state index in [4.69, 9.17) is 0 Å². The van der Waals surface area contributed by atoms with Crippen LogP contribution in [-0.2, 0) is 9.59 Å². The van der Waals surface area contributed by atoms with Crippen molar-refractivity contribution in [3.63, 3.8) is 0 Å². The molecule has 0 saturated carbocycles. The van der Waals surface area contributed by atoms with Crippen LogP contribution in [0.15, 0.2) is 44.8 Å². The molecular formula is C21H22N2O2S2. The molecular weight excluding hydrogens is 376 g/mol. The van der Waals surface area contributed by atoms with Gasteiger partial charge in [0.25, 0.3) is 0 Å². The summed E-state index contributed by atoms with van der Waals surface area (Å²) in [6, 6.07) is 10.3. The molecule has 2 aromatic rings. The summed E-state index contributed by atoms with van der Waals surface area (Å²) in [5, 5.41) is 2.07. The fraction of sp³-hybridized carbons (Fsp3) is 0.333. The average molecular weight is 399 g/mol. The molecule has 6 heteroatoms. The lowest BCUT2D eigenvalue weighted by Gasteiger charge is -2.20. The maximum Gasteiger partial charge on any atom is 0.233 e. The van der Waals surface area contributed by atoms with Gasteiger partial charge in [0, 0.05) is 17.0 Å². The summed E-state index contributed by atoms with van der Waals surface area (Å²) in [7, 11) is 4.01. The maximum atomic E-state index is 13.0. The van der Waals surface area contributed by atoms with Crippen LogP contribution in [-0.4, -0.2) is 48.8 Å². The van der Waals surface area contributed by atoms with Crippen LogP contribution in [0, 0.1) is 0 Å². The van der Waals surface area contributed by atoms with Crippen molar-refractivity contribution in [3.8, 4) is 0 Å². The molecule has 0 radical (unpaired) electrons. The van der Waals surface area contributed by atoms with Gasteiger partial charge in [-0.05, 0) is 61.3 Å². The van der Waals surface area contributed by atoms with E-state index in [-0.39, 0.29) is 18.2 Å². The zero-order valence-corrected chi connectivity index (χ0v) is 17.2. The lowest BCUT2D eigenvalue weighted by molar-refractivity contribution is -0.143. The first kappa shape index (κ1) is 18.5. The molecule has 1 aromatic heterocycles. The molecule has 0 atom stereocenters. The van der Waals surface area contributed by atoms with Gasteiger partial charge in [-0.15, -0.1) is 11.3 Å². The highest BCUT2D eigenvalue weighted by Crippen LogP contribution is 2.49. The summed E-state index contributed by atoms with van der Waals surface area (Å²) >= 11 is 3.44. The molecule has 27 heavy (non-hydrogen) atoms. The Balaban J connectivity index is 1.73. The number of thiophene rings is 1. The molecule has 140 valence electrons. The first-order chi connectivity index (χ1) is 13.0. The third kappa shape index (κ3) is 3.61. The van der Waals surface area contributed by atoms with Crippen LogP contribution in [0.5, 0.6) is 0 Å². The van der Waals surface area contributed by atoms with E-state index in [1.165, 1.54) is 9.11 Å². The Morgan fingerprint density at radius 1 is 1.00 bits per heavy atom. The minimum Gasteiger partial charge on any atom is -0.309 e. The van der Waals surface area contributed by atoms with Crippen LogP contribution in [0.4, 0.5) is 0 Å². The second kappa shape index (κ2) is 7.62. The highest BCUT2D eigenvalue weighted by molar-refractivity contribution is 8.01. The largest absolute Gasteiger partial charge is 0.309 e. The van der Waals surface area contributed by atoms with Crippen molar-refractivity contribution < 1.29 is 9.59 Å². The lowest BCUT2D eigenvalue weighted by atomic mass is 9.92. The van der Waals surface area contributed by atoms with Crippen molar-refractivity contribution in [1.29, 1.82) is 0 Å².